The van der Waals surface area contributed by atoms with Gasteiger partial charge in [0.2, 0.25) is 5.91 Å². The number of rotatable bonds is 5. The first-order chi connectivity index (χ1) is 15.9. The second kappa shape index (κ2) is 8.47. The zero-order valence-corrected chi connectivity index (χ0v) is 19.3. The van der Waals surface area contributed by atoms with Crippen LogP contribution in [0.2, 0.25) is 5.02 Å². The molecule has 4 rings (SSSR count). The first-order valence-corrected chi connectivity index (χ1v) is 10.8. The van der Waals surface area contributed by atoms with Crippen molar-refractivity contribution in [1.82, 2.24) is 14.5 Å². The van der Waals surface area contributed by atoms with Crippen LogP contribution in [0.5, 0.6) is 0 Å². The largest absolute Gasteiger partial charge is 0.406 e. The highest BCUT2D eigenvalue weighted by Crippen LogP contribution is 2.39. The Morgan fingerprint density at radius 3 is 2.62 bits per heavy atom. The molecule has 0 radical (unpaired) electrons. The average molecular weight is 491 g/mol. The van der Waals surface area contributed by atoms with Gasteiger partial charge >= 0.3 is 6.18 Å². The predicted molar refractivity (Wildman–Crippen MR) is 125 cm³/mol. The van der Waals surface area contributed by atoms with Crippen LogP contribution in [0.1, 0.15) is 17.0 Å². The number of aryl methyl sites for hydroxylation is 1. The van der Waals surface area contributed by atoms with Gasteiger partial charge in [0.1, 0.15) is 12.4 Å². The summed E-state index contributed by atoms with van der Waals surface area (Å²) in [6, 6.07) is 10.3. The van der Waals surface area contributed by atoms with E-state index in [1.54, 1.807) is 23.1 Å². The minimum absolute atomic E-state index is 0.0289. The van der Waals surface area contributed by atoms with Crippen molar-refractivity contribution >= 4 is 34.1 Å². The number of aromatic nitrogens is 2. The molecule has 1 aliphatic heterocycles. The molecule has 1 N–H and O–H groups in total. The normalized spacial score (nSPS) is 15.2. The van der Waals surface area contributed by atoms with E-state index in [1.165, 1.54) is 19.1 Å². The highest BCUT2D eigenvalue weighted by atomic mass is 35.5. The van der Waals surface area contributed by atoms with E-state index in [0.717, 1.165) is 11.1 Å². The van der Waals surface area contributed by atoms with Crippen LogP contribution in [-0.4, -0.2) is 39.6 Å². The minimum Gasteiger partial charge on any atom is -0.372 e. The van der Waals surface area contributed by atoms with Gasteiger partial charge in [-0.1, -0.05) is 30.3 Å². The molecule has 178 valence electrons. The molecule has 6 nitrogen and oxygen atoms in total. The summed E-state index contributed by atoms with van der Waals surface area (Å²) in [6.07, 6.45) is -3.28. The topological polar surface area (TPSA) is 67.2 Å². The Morgan fingerprint density at radius 2 is 1.97 bits per heavy atom. The Hall–Kier alpha value is -3.33. The van der Waals surface area contributed by atoms with Gasteiger partial charge in [0.15, 0.2) is 0 Å². The van der Waals surface area contributed by atoms with Crippen molar-refractivity contribution in [3.8, 4) is 0 Å². The number of hydrogen-bond acceptors (Lipinski definition) is 4. The molecule has 1 aliphatic rings. The van der Waals surface area contributed by atoms with E-state index >= 15 is 0 Å². The van der Waals surface area contributed by atoms with Gasteiger partial charge < -0.3 is 10.2 Å². The van der Waals surface area contributed by atoms with Crippen LogP contribution < -0.4 is 10.9 Å². The van der Waals surface area contributed by atoms with E-state index in [9.17, 15) is 22.8 Å². The number of hydrogen-bond donors (Lipinski definition) is 1. The number of nitrogens with zero attached hydrogens (tertiary/aromatic N) is 3. The quantitative estimate of drug-likeness (QED) is 0.532. The molecule has 1 aromatic heterocycles. The predicted octanol–water partition coefficient (Wildman–Crippen LogP) is 4.56. The highest BCUT2D eigenvalue weighted by molar-refractivity contribution is 6.31. The summed E-state index contributed by atoms with van der Waals surface area (Å²) in [6.45, 7) is 6.12. The van der Waals surface area contributed by atoms with E-state index in [2.05, 4.69) is 16.9 Å². The number of nitrogens with one attached hydrogen (secondary N) is 1. The number of amides is 1. The van der Waals surface area contributed by atoms with Crippen LogP contribution in [0.3, 0.4) is 0 Å². The molecule has 34 heavy (non-hydrogen) atoms. The smallest absolute Gasteiger partial charge is 0.372 e. The van der Waals surface area contributed by atoms with Crippen molar-refractivity contribution < 1.29 is 18.0 Å². The number of carbonyl (C=O) groups excluding carboxylic acids is 1. The van der Waals surface area contributed by atoms with Crippen molar-refractivity contribution in [2.24, 2.45) is 0 Å². The van der Waals surface area contributed by atoms with E-state index in [4.69, 9.17) is 11.6 Å². The summed E-state index contributed by atoms with van der Waals surface area (Å²) in [5.74, 6) is -0.225. The van der Waals surface area contributed by atoms with Crippen LogP contribution in [0.4, 0.5) is 18.9 Å². The summed E-state index contributed by atoms with van der Waals surface area (Å²) in [7, 11) is 0. The van der Waals surface area contributed by atoms with E-state index in [1.807, 2.05) is 19.1 Å². The van der Waals surface area contributed by atoms with E-state index in [0.29, 0.717) is 28.4 Å². The number of carbonyl (C=O) groups is 1. The first-order valence-electron chi connectivity index (χ1n) is 10.5. The van der Waals surface area contributed by atoms with Crippen molar-refractivity contribution in [1.29, 1.82) is 0 Å². The molecule has 0 atom stereocenters. The number of fused-ring (bicyclic) bond motifs is 1. The second-order valence-electron chi connectivity index (χ2n) is 8.42. The average Bonchev–Trinajstić information content (AvgIpc) is 2.74. The summed E-state index contributed by atoms with van der Waals surface area (Å²) in [5.41, 5.74) is 1.27. The molecule has 10 heteroatoms. The fourth-order valence-corrected chi connectivity index (χ4v) is 4.56. The lowest BCUT2D eigenvalue weighted by atomic mass is 9.79. The molecule has 0 saturated carbocycles. The summed E-state index contributed by atoms with van der Waals surface area (Å²) >= 11 is 6.35. The third-order valence-electron chi connectivity index (χ3n) is 6.06. The lowest BCUT2D eigenvalue weighted by molar-refractivity contribution is -0.141. The lowest BCUT2D eigenvalue weighted by Gasteiger charge is -2.51. The Kier molecular flexibility index (Phi) is 5.93. The minimum atomic E-state index is -4.54. The SMILES string of the molecule is C=CC(=O)N1CC(Nc2ccc3c(=O)n(CC(F)(F)F)c(C)nc3c2)(c2cccc(Cl)c2C)C1. The molecule has 0 spiro atoms. The highest BCUT2D eigenvalue weighted by Gasteiger charge is 2.47. The molecule has 3 aromatic rings. The van der Waals surface area contributed by atoms with Crippen LogP contribution in [0, 0.1) is 13.8 Å². The molecule has 1 amide bonds. The number of alkyl halides is 3. The van der Waals surface area contributed by atoms with E-state index < -0.39 is 23.8 Å². The third kappa shape index (κ3) is 4.27. The Balaban J connectivity index is 1.74. The van der Waals surface area contributed by atoms with E-state index in [-0.39, 0.29) is 22.6 Å². The zero-order chi connectivity index (χ0) is 24.8. The third-order valence-corrected chi connectivity index (χ3v) is 6.47. The van der Waals surface area contributed by atoms with Crippen molar-refractivity contribution in [2.45, 2.75) is 32.1 Å². The van der Waals surface area contributed by atoms with Gasteiger partial charge in [-0.3, -0.25) is 14.2 Å². The molecule has 1 fully saturated rings. The molecule has 0 bridgehead atoms. The van der Waals surface area contributed by atoms with Gasteiger partial charge in [0.25, 0.3) is 5.56 Å². The van der Waals surface area contributed by atoms with Gasteiger partial charge in [-0.25, -0.2) is 4.98 Å². The monoisotopic (exact) mass is 490 g/mol. The fourth-order valence-electron chi connectivity index (χ4n) is 4.38. The maximum absolute atomic E-state index is 12.9. The maximum atomic E-state index is 12.9. The molecule has 2 heterocycles. The van der Waals surface area contributed by atoms with Crippen LogP contribution in [-0.2, 0) is 16.9 Å². The second-order valence-corrected chi connectivity index (χ2v) is 8.82. The molecule has 2 aromatic carbocycles. The van der Waals surface area contributed by atoms with Crippen LogP contribution in [0.25, 0.3) is 10.9 Å². The van der Waals surface area contributed by atoms with Crippen LogP contribution >= 0.6 is 11.6 Å². The van der Waals surface area contributed by atoms with Crippen LogP contribution in [0.15, 0.2) is 53.8 Å². The Morgan fingerprint density at radius 1 is 1.26 bits per heavy atom. The molecular weight excluding hydrogens is 469 g/mol. The summed E-state index contributed by atoms with van der Waals surface area (Å²) < 4.78 is 39.3. The number of anilines is 1. The molecule has 0 unspecified atom stereocenters. The van der Waals surface area contributed by atoms with Gasteiger partial charge in [-0.05, 0) is 55.3 Å². The van der Waals surface area contributed by atoms with Gasteiger partial charge in [0, 0.05) is 10.7 Å². The van der Waals surface area contributed by atoms with Crippen molar-refractivity contribution in [2.75, 3.05) is 18.4 Å². The molecular formula is C24H22ClF3N4O2. The number of likely N-dealkylation sites (tertiary alicyclic amines) is 1. The van der Waals surface area contributed by atoms with Crippen molar-refractivity contribution in [3.63, 3.8) is 0 Å². The summed E-state index contributed by atoms with van der Waals surface area (Å²) in [5, 5.41) is 4.13. The fraction of sp³-hybridized carbons (Fsp3) is 0.292. The number of benzene rings is 2. The number of halogens is 4. The standard InChI is InChI=1S/C24H22ClF3N4O2/c1-4-21(33)31-11-23(12-31,18-6-5-7-19(25)14(18)2)30-16-8-9-17-20(10-16)29-15(3)32(22(17)34)13-24(26,27)28/h4-10,30H,1,11-13H2,2-3H3. The zero-order valence-electron chi connectivity index (χ0n) is 18.5. The summed E-state index contributed by atoms with van der Waals surface area (Å²) in [4.78, 5) is 30.7. The van der Waals surface area contributed by atoms with Gasteiger partial charge in [-0.2, -0.15) is 13.2 Å². The van der Waals surface area contributed by atoms with Gasteiger partial charge in [0.05, 0.1) is 29.5 Å². The lowest BCUT2D eigenvalue weighted by Crippen LogP contribution is -2.65. The molecule has 0 aliphatic carbocycles. The first kappa shape index (κ1) is 23.8. The molecule has 1 saturated heterocycles. The Bertz CT molecular complexity index is 1360. The Labute approximate surface area is 198 Å². The maximum Gasteiger partial charge on any atom is 0.406 e. The van der Waals surface area contributed by atoms with Gasteiger partial charge in [-0.15, -0.1) is 0 Å². The van der Waals surface area contributed by atoms with Crippen molar-refractivity contribution in [3.05, 3.63) is 81.4 Å².